The van der Waals surface area contributed by atoms with E-state index < -0.39 is 0 Å². The van der Waals surface area contributed by atoms with Crippen LogP contribution in [0, 0.1) is 0 Å². The van der Waals surface area contributed by atoms with Crippen molar-refractivity contribution in [2.45, 2.75) is 26.3 Å². The average Bonchev–Trinajstić information content (AvgIpc) is 2.89. The highest BCUT2D eigenvalue weighted by molar-refractivity contribution is 6.20. The molecular formula is C20H19N. The third kappa shape index (κ3) is 1.70. The molecule has 4 aromatic rings. The first kappa shape index (κ1) is 12.5. The van der Waals surface area contributed by atoms with Crippen LogP contribution in [0.1, 0.15) is 26.3 Å². The van der Waals surface area contributed by atoms with Gasteiger partial charge in [0.1, 0.15) is 0 Å². The summed E-state index contributed by atoms with van der Waals surface area (Å²) >= 11 is 0. The molecule has 1 unspecified atom stereocenters. The van der Waals surface area contributed by atoms with Crippen LogP contribution in [-0.2, 0) is 0 Å². The highest BCUT2D eigenvalue weighted by atomic mass is 15.0. The predicted octanol–water partition coefficient (Wildman–Crippen LogP) is 5.92. The molecule has 0 fully saturated rings. The number of para-hydroxylation sites is 1. The second-order valence-corrected chi connectivity index (χ2v) is 5.83. The summed E-state index contributed by atoms with van der Waals surface area (Å²) in [6.45, 7) is 4.56. The third-order valence-corrected chi connectivity index (χ3v) is 4.63. The van der Waals surface area contributed by atoms with Gasteiger partial charge in [-0.15, -0.1) is 0 Å². The van der Waals surface area contributed by atoms with Gasteiger partial charge in [0.25, 0.3) is 0 Å². The van der Waals surface area contributed by atoms with E-state index in [1.54, 1.807) is 0 Å². The van der Waals surface area contributed by atoms with E-state index in [0.717, 1.165) is 6.42 Å². The number of nitrogens with zero attached hydrogens (tertiary/aromatic N) is 1. The molecule has 0 N–H and O–H groups in total. The van der Waals surface area contributed by atoms with Crippen LogP contribution < -0.4 is 0 Å². The van der Waals surface area contributed by atoms with E-state index >= 15 is 0 Å². The number of hydrogen-bond donors (Lipinski definition) is 0. The molecule has 104 valence electrons. The van der Waals surface area contributed by atoms with Crippen LogP contribution in [0.4, 0.5) is 0 Å². The topological polar surface area (TPSA) is 4.93 Å². The summed E-state index contributed by atoms with van der Waals surface area (Å²) < 4.78 is 2.50. The van der Waals surface area contributed by atoms with Crippen LogP contribution in [0.5, 0.6) is 0 Å². The minimum atomic E-state index is 0.508. The molecule has 0 bridgehead atoms. The highest BCUT2D eigenvalue weighted by Crippen LogP contribution is 2.36. The lowest BCUT2D eigenvalue weighted by atomic mass is 10.0. The van der Waals surface area contributed by atoms with Gasteiger partial charge in [-0.25, -0.2) is 0 Å². The molecule has 0 aliphatic rings. The van der Waals surface area contributed by atoms with Crippen LogP contribution in [-0.4, -0.2) is 4.57 Å². The Hall–Kier alpha value is -2.28. The summed E-state index contributed by atoms with van der Waals surface area (Å²) in [6.07, 6.45) is 1.14. The Morgan fingerprint density at radius 1 is 0.810 bits per heavy atom. The van der Waals surface area contributed by atoms with E-state index in [-0.39, 0.29) is 0 Å². The van der Waals surface area contributed by atoms with Gasteiger partial charge in [0.2, 0.25) is 0 Å². The van der Waals surface area contributed by atoms with Crippen LogP contribution in [0.2, 0.25) is 0 Å². The van der Waals surface area contributed by atoms with Gasteiger partial charge < -0.3 is 4.57 Å². The number of rotatable bonds is 2. The maximum Gasteiger partial charge on any atom is 0.0500 e. The lowest BCUT2D eigenvalue weighted by Gasteiger charge is -2.14. The smallest absolute Gasteiger partial charge is 0.0500 e. The molecule has 0 spiro atoms. The van der Waals surface area contributed by atoms with E-state index in [0.29, 0.717) is 6.04 Å². The third-order valence-electron chi connectivity index (χ3n) is 4.63. The number of benzene rings is 3. The molecule has 1 aromatic heterocycles. The van der Waals surface area contributed by atoms with Crippen molar-refractivity contribution < 1.29 is 0 Å². The monoisotopic (exact) mass is 273 g/mol. The molecule has 0 aliphatic carbocycles. The molecule has 0 amide bonds. The number of hydrogen-bond acceptors (Lipinski definition) is 0. The van der Waals surface area contributed by atoms with E-state index in [2.05, 4.69) is 79.1 Å². The maximum absolute atomic E-state index is 2.50. The molecule has 0 saturated carbocycles. The molecule has 0 saturated heterocycles. The van der Waals surface area contributed by atoms with Gasteiger partial charge in [-0.05, 0) is 36.2 Å². The zero-order valence-corrected chi connectivity index (χ0v) is 12.5. The van der Waals surface area contributed by atoms with Crippen molar-refractivity contribution >= 4 is 32.6 Å². The molecule has 0 radical (unpaired) electrons. The Bertz CT molecular complexity index is 946. The quantitative estimate of drug-likeness (QED) is 0.427. The summed E-state index contributed by atoms with van der Waals surface area (Å²) in [5.41, 5.74) is 2.70. The second kappa shape index (κ2) is 4.63. The number of aromatic nitrogens is 1. The molecule has 3 aromatic carbocycles. The first-order valence-corrected chi connectivity index (χ1v) is 7.71. The maximum atomic E-state index is 2.50. The van der Waals surface area contributed by atoms with Crippen LogP contribution >= 0.6 is 0 Å². The van der Waals surface area contributed by atoms with Gasteiger partial charge in [-0.2, -0.15) is 0 Å². The normalized spacial score (nSPS) is 13.2. The summed E-state index contributed by atoms with van der Waals surface area (Å²) in [6, 6.07) is 22.5. The zero-order chi connectivity index (χ0) is 14.4. The van der Waals surface area contributed by atoms with Gasteiger partial charge in [-0.1, -0.05) is 55.5 Å². The fourth-order valence-electron chi connectivity index (χ4n) is 3.43. The van der Waals surface area contributed by atoms with Crippen molar-refractivity contribution in [3.8, 4) is 0 Å². The first-order valence-electron chi connectivity index (χ1n) is 7.71. The molecule has 1 heterocycles. The Kier molecular flexibility index (Phi) is 2.75. The standard InChI is InChI=1S/C20H19N/c1-3-14(2)21-18-11-7-6-10-17(18)20-16-9-5-4-8-15(16)12-13-19(20)21/h4-14H,3H2,1-2H3. The highest BCUT2D eigenvalue weighted by Gasteiger charge is 2.15. The molecule has 1 atom stereocenters. The minimum absolute atomic E-state index is 0.508. The van der Waals surface area contributed by atoms with Gasteiger partial charge in [-0.3, -0.25) is 0 Å². The van der Waals surface area contributed by atoms with Crippen LogP contribution in [0.3, 0.4) is 0 Å². The Morgan fingerprint density at radius 3 is 2.33 bits per heavy atom. The Morgan fingerprint density at radius 2 is 1.52 bits per heavy atom. The summed E-state index contributed by atoms with van der Waals surface area (Å²) in [4.78, 5) is 0. The average molecular weight is 273 g/mol. The molecule has 0 aliphatic heterocycles. The molecule has 21 heavy (non-hydrogen) atoms. The summed E-state index contributed by atoms with van der Waals surface area (Å²) in [7, 11) is 0. The van der Waals surface area contributed by atoms with Crippen LogP contribution in [0.15, 0.2) is 60.7 Å². The van der Waals surface area contributed by atoms with E-state index in [1.807, 2.05) is 0 Å². The fraction of sp³-hybridized carbons (Fsp3) is 0.200. The lowest BCUT2D eigenvalue weighted by Crippen LogP contribution is -2.02. The van der Waals surface area contributed by atoms with Crippen molar-refractivity contribution in [3.05, 3.63) is 60.7 Å². The second-order valence-electron chi connectivity index (χ2n) is 5.83. The summed E-state index contributed by atoms with van der Waals surface area (Å²) in [5.74, 6) is 0. The van der Waals surface area contributed by atoms with Gasteiger partial charge >= 0.3 is 0 Å². The van der Waals surface area contributed by atoms with E-state index in [1.165, 1.54) is 32.6 Å². The molecule has 1 nitrogen and oxygen atoms in total. The van der Waals surface area contributed by atoms with E-state index in [9.17, 15) is 0 Å². The van der Waals surface area contributed by atoms with Gasteiger partial charge in [0, 0.05) is 27.8 Å². The van der Waals surface area contributed by atoms with Crippen molar-refractivity contribution in [2.75, 3.05) is 0 Å². The SMILES string of the molecule is CCC(C)n1c2ccccc2c2c3ccccc3ccc21. The van der Waals surface area contributed by atoms with E-state index in [4.69, 9.17) is 0 Å². The minimum Gasteiger partial charge on any atom is -0.338 e. The first-order chi connectivity index (χ1) is 10.3. The fourth-order valence-corrected chi connectivity index (χ4v) is 3.43. The number of fused-ring (bicyclic) bond motifs is 5. The molecular weight excluding hydrogens is 254 g/mol. The van der Waals surface area contributed by atoms with Crippen LogP contribution in [0.25, 0.3) is 32.6 Å². The molecule has 1 heteroatoms. The van der Waals surface area contributed by atoms with Crippen molar-refractivity contribution in [1.82, 2.24) is 4.57 Å². The Balaban J connectivity index is 2.29. The predicted molar refractivity (Wildman–Crippen MR) is 92.0 cm³/mol. The van der Waals surface area contributed by atoms with Gasteiger partial charge in [0.05, 0.1) is 0 Å². The largest absolute Gasteiger partial charge is 0.338 e. The Labute approximate surface area is 124 Å². The molecule has 4 rings (SSSR count). The van der Waals surface area contributed by atoms with Crippen molar-refractivity contribution in [3.63, 3.8) is 0 Å². The van der Waals surface area contributed by atoms with Crippen molar-refractivity contribution in [1.29, 1.82) is 0 Å². The summed E-state index contributed by atoms with van der Waals surface area (Å²) in [5, 5.41) is 5.43. The van der Waals surface area contributed by atoms with Crippen molar-refractivity contribution in [2.24, 2.45) is 0 Å². The van der Waals surface area contributed by atoms with Gasteiger partial charge in [0.15, 0.2) is 0 Å². The lowest BCUT2D eigenvalue weighted by molar-refractivity contribution is 0.563. The zero-order valence-electron chi connectivity index (χ0n) is 12.5.